The van der Waals surface area contributed by atoms with Crippen LogP contribution in [0.4, 0.5) is 5.69 Å². The molecule has 0 spiro atoms. The maximum atomic E-state index is 12.7. The largest absolute Gasteiger partial charge is 0.334 e. The summed E-state index contributed by atoms with van der Waals surface area (Å²) in [6.07, 6.45) is 1.88. The summed E-state index contributed by atoms with van der Waals surface area (Å²) >= 11 is 0. The Morgan fingerprint density at radius 3 is 2.79 bits per heavy atom. The van der Waals surface area contributed by atoms with Crippen LogP contribution in [0.5, 0.6) is 0 Å². The Kier molecular flexibility index (Phi) is 5.71. The number of carbonyl (C=O) groups excluding carboxylic acids is 1. The first kappa shape index (κ1) is 19.3. The Balaban J connectivity index is 1.36. The molecule has 0 saturated carbocycles. The van der Waals surface area contributed by atoms with Crippen molar-refractivity contribution in [3.8, 4) is 11.5 Å². The minimum absolute atomic E-state index is 0.0345. The van der Waals surface area contributed by atoms with Gasteiger partial charge in [0, 0.05) is 17.8 Å². The molecule has 1 aromatic heterocycles. The summed E-state index contributed by atoms with van der Waals surface area (Å²) < 4.78 is 5.43. The molecule has 6 nitrogen and oxygen atoms in total. The lowest BCUT2D eigenvalue weighted by molar-refractivity contribution is -0.121. The molecule has 1 saturated heterocycles. The van der Waals surface area contributed by atoms with Gasteiger partial charge in [0.05, 0.1) is 12.5 Å². The van der Waals surface area contributed by atoms with Gasteiger partial charge in [0.2, 0.25) is 5.91 Å². The van der Waals surface area contributed by atoms with Gasteiger partial charge in [-0.3, -0.25) is 9.69 Å². The minimum atomic E-state index is -0.0345. The average Bonchev–Trinajstić information content (AvgIpc) is 3.17. The zero-order valence-corrected chi connectivity index (χ0v) is 16.9. The molecule has 0 radical (unpaired) electrons. The van der Waals surface area contributed by atoms with Crippen molar-refractivity contribution in [3.63, 3.8) is 0 Å². The van der Waals surface area contributed by atoms with Crippen LogP contribution in [0.3, 0.4) is 0 Å². The third kappa shape index (κ3) is 4.90. The van der Waals surface area contributed by atoms with Crippen LogP contribution in [0, 0.1) is 19.8 Å². The van der Waals surface area contributed by atoms with Crippen molar-refractivity contribution in [2.75, 3.05) is 18.4 Å². The van der Waals surface area contributed by atoms with Crippen molar-refractivity contribution >= 4 is 11.6 Å². The van der Waals surface area contributed by atoms with Gasteiger partial charge < -0.3 is 9.84 Å². The van der Waals surface area contributed by atoms with Gasteiger partial charge in [-0.2, -0.15) is 4.98 Å². The van der Waals surface area contributed by atoms with Gasteiger partial charge in [-0.1, -0.05) is 35.0 Å². The number of rotatable bonds is 5. The smallest absolute Gasteiger partial charge is 0.257 e. The summed E-state index contributed by atoms with van der Waals surface area (Å²) in [5.41, 5.74) is 4.10. The number of hydrogen-bond acceptors (Lipinski definition) is 5. The Labute approximate surface area is 170 Å². The highest BCUT2D eigenvalue weighted by Gasteiger charge is 2.27. The highest BCUT2D eigenvalue weighted by Crippen LogP contribution is 2.22. The van der Waals surface area contributed by atoms with E-state index in [9.17, 15) is 4.79 Å². The van der Waals surface area contributed by atoms with Crippen LogP contribution >= 0.6 is 0 Å². The lowest BCUT2D eigenvalue weighted by Crippen LogP contribution is -2.40. The number of aromatic nitrogens is 2. The molecule has 2 heterocycles. The average molecular weight is 390 g/mol. The standard InChI is InChI=1S/C23H26N4O2/c1-16-8-10-18(11-9-16)23-25-21(26-29-23)15-27-12-4-6-19(14-27)22(28)24-20-7-3-5-17(2)13-20/h3,5,7-11,13,19H,4,6,12,14-15H2,1-2H3,(H,24,28). The summed E-state index contributed by atoms with van der Waals surface area (Å²) in [6, 6.07) is 15.9. The Morgan fingerprint density at radius 1 is 1.17 bits per heavy atom. The molecule has 0 aliphatic carbocycles. The van der Waals surface area contributed by atoms with Gasteiger partial charge in [0.25, 0.3) is 5.89 Å². The first-order chi connectivity index (χ1) is 14.1. The zero-order valence-electron chi connectivity index (χ0n) is 16.9. The summed E-state index contributed by atoms with van der Waals surface area (Å²) in [5.74, 6) is 1.23. The van der Waals surface area contributed by atoms with Crippen LogP contribution in [0.2, 0.25) is 0 Å². The topological polar surface area (TPSA) is 71.3 Å². The molecule has 1 unspecified atom stereocenters. The molecule has 150 valence electrons. The van der Waals surface area contributed by atoms with E-state index < -0.39 is 0 Å². The van der Waals surface area contributed by atoms with Crippen molar-refractivity contribution in [2.45, 2.75) is 33.2 Å². The fourth-order valence-corrected chi connectivity index (χ4v) is 3.71. The second-order valence-electron chi connectivity index (χ2n) is 7.81. The van der Waals surface area contributed by atoms with Gasteiger partial charge in [-0.15, -0.1) is 0 Å². The number of nitrogens with one attached hydrogen (secondary N) is 1. The molecule has 1 amide bonds. The monoisotopic (exact) mass is 390 g/mol. The molecule has 1 fully saturated rings. The molecule has 1 aliphatic heterocycles. The number of aryl methyl sites for hydroxylation is 2. The van der Waals surface area contributed by atoms with Crippen molar-refractivity contribution in [1.82, 2.24) is 15.0 Å². The third-order valence-corrected chi connectivity index (χ3v) is 5.29. The number of nitrogens with zero attached hydrogens (tertiary/aromatic N) is 3. The van der Waals surface area contributed by atoms with E-state index in [0.29, 0.717) is 24.8 Å². The van der Waals surface area contributed by atoms with Crippen LogP contribution in [0.1, 0.15) is 29.8 Å². The van der Waals surface area contributed by atoms with Crippen molar-refractivity contribution in [1.29, 1.82) is 0 Å². The molecule has 6 heteroatoms. The number of anilines is 1. The molecule has 2 aromatic carbocycles. The summed E-state index contributed by atoms with van der Waals surface area (Å²) in [4.78, 5) is 19.5. The minimum Gasteiger partial charge on any atom is -0.334 e. The molecule has 3 aromatic rings. The van der Waals surface area contributed by atoms with E-state index in [4.69, 9.17) is 4.52 Å². The normalized spacial score (nSPS) is 17.2. The maximum Gasteiger partial charge on any atom is 0.257 e. The van der Waals surface area contributed by atoms with Gasteiger partial charge in [-0.05, 0) is 63.1 Å². The van der Waals surface area contributed by atoms with Crippen LogP contribution in [-0.2, 0) is 11.3 Å². The lowest BCUT2D eigenvalue weighted by atomic mass is 9.97. The Hall–Kier alpha value is -2.99. The first-order valence-electron chi connectivity index (χ1n) is 10.1. The fraction of sp³-hybridized carbons (Fsp3) is 0.348. The molecule has 1 atom stereocenters. The second kappa shape index (κ2) is 8.57. The van der Waals surface area contributed by atoms with E-state index in [-0.39, 0.29) is 11.8 Å². The van der Waals surface area contributed by atoms with Crippen molar-refractivity contribution in [3.05, 3.63) is 65.5 Å². The Morgan fingerprint density at radius 2 is 2.00 bits per heavy atom. The van der Waals surface area contributed by atoms with Crippen LogP contribution in [0.25, 0.3) is 11.5 Å². The maximum absolute atomic E-state index is 12.7. The van der Waals surface area contributed by atoms with Crippen LogP contribution < -0.4 is 5.32 Å². The van der Waals surface area contributed by atoms with Gasteiger partial charge in [-0.25, -0.2) is 0 Å². The SMILES string of the molecule is Cc1ccc(-c2nc(CN3CCCC(C(=O)Nc4cccc(C)c4)C3)no2)cc1. The molecular formula is C23H26N4O2. The Bertz CT molecular complexity index is 981. The zero-order chi connectivity index (χ0) is 20.2. The summed E-state index contributed by atoms with van der Waals surface area (Å²) in [5, 5.41) is 7.18. The number of carbonyl (C=O) groups is 1. The van der Waals surface area contributed by atoms with Gasteiger partial charge >= 0.3 is 0 Å². The highest BCUT2D eigenvalue weighted by atomic mass is 16.5. The van der Waals surface area contributed by atoms with E-state index in [2.05, 4.69) is 20.4 Å². The molecule has 4 rings (SSSR count). The van der Waals surface area contributed by atoms with E-state index in [1.54, 1.807) is 0 Å². The predicted octanol–water partition coefficient (Wildman–Crippen LogP) is 4.20. The highest BCUT2D eigenvalue weighted by molar-refractivity contribution is 5.92. The van der Waals surface area contributed by atoms with Crippen molar-refractivity contribution < 1.29 is 9.32 Å². The number of benzene rings is 2. The van der Waals surface area contributed by atoms with E-state index in [0.717, 1.165) is 36.2 Å². The predicted molar refractivity (Wildman–Crippen MR) is 112 cm³/mol. The molecule has 1 aliphatic rings. The van der Waals surface area contributed by atoms with E-state index in [1.165, 1.54) is 5.56 Å². The van der Waals surface area contributed by atoms with Crippen LogP contribution in [-0.4, -0.2) is 34.0 Å². The number of amides is 1. The fourth-order valence-electron chi connectivity index (χ4n) is 3.71. The molecular weight excluding hydrogens is 364 g/mol. The van der Waals surface area contributed by atoms with Gasteiger partial charge in [0.15, 0.2) is 5.82 Å². The number of likely N-dealkylation sites (tertiary alicyclic amines) is 1. The molecule has 0 bridgehead atoms. The molecule has 1 N–H and O–H groups in total. The third-order valence-electron chi connectivity index (χ3n) is 5.29. The first-order valence-corrected chi connectivity index (χ1v) is 10.1. The molecule has 29 heavy (non-hydrogen) atoms. The van der Waals surface area contributed by atoms with E-state index >= 15 is 0 Å². The summed E-state index contributed by atoms with van der Waals surface area (Å²) in [7, 11) is 0. The van der Waals surface area contributed by atoms with E-state index in [1.807, 2.05) is 62.4 Å². The number of piperidine rings is 1. The van der Waals surface area contributed by atoms with Crippen LogP contribution in [0.15, 0.2) is 53.1 Å². The second-order valence-corrected chi connectivity index (χ2v) is 7.81. The lowest BCUT2D eigenvalue weighted by Gasteiger charge is -2.31. The quantitative estimate of drug-likeness (QED) is 0.707. The van der Waals surface area contributed by atoms with Crippen molar-refractivity contribution in [2.24, 2.45) is 5.92 Å². The van der Waals surface area contributed by atoms with Gasteiger partial charge in [0.1, 0.15) is 0 Å². The number of hydrogen-bond donors (Lipinski definition) is 1. The summed E-state index contributed by atoms with van der Waals surface area (Å²) in [6.45, 7) is 6.29.